The number of thioether (sulfide) groups is 1. The molecule has 104 valence electrons. The van der Waals surface area contributed by atoms with Gasteiger partial charge < -0.3 is 10.4 Å². The van der Waals surface area contributed by atoms with Gasteiger partial charge in [0.05, 0.1) is 0 Å². The van der Waals surface area contributed by atoms with E-state index >= 15 is 0 Å². The highest BCUT2D eigenvalue weighted by molar-refractivity contribution is 7.98. The summed E-state index contributed by atoms with van der Waals surface area (Å²) in [6, 6.07) is 8.41. The molecule has 0 saturated heterocycles. The molecule has 0 spiro atoms. The van der Waals surface area contributed by atoms with Crippen LogP contribution in [0.4, 0.5) is 0 Å². The van der Waals surface area contributed by atoms with Crippen molar-refractivity contribution in [1.82, 2.24) is 5.32 Å². The lowest BCUT2D eigenvalue weighted by atomic mass is 10.1. The minimum atomic E-state index is -1.01. The van der Waals surface area contributed by atoms with Crippen molar-refractivity contribution in [3.63, 3.8) is 0 Å². The molecule has 0 saturated carbocycles. The highest BCUT2D eigenvalue weighted by Crippen LogP contribution is 2.07. The fraction of sp³-hybridized carbons (Fsp3) is 0.429. The average Bonchev–Trinajstić information content (AvgIpc) is 2.39. The quantitative estimate of drug-likeness (QED) is 0.800. The highest BCUT2D eigenvalue weighted by atomic mass is 32.2. The van der Waals surface area contributed by atoms with Crippen molar-refractivity contribution < 1.29 is 14.7 Å². The molecule has 0 aromatic heterocycles. The van der Waals surface area contributed by atoms with Crippen LogP contribution in [-0.2, 0) is 16.0 Å². The van der Waals surface area contributed by atoms with Gasteiger partial charge in [-0.25, -0.2) is 4.79 Å². The Morgan fingerprint density at radius 1 is 1.32 bits per heavy atom. The molecule has 2 N–H and O–H groups in total. The maximum absolute atomic E-state index is 11.9. The second kappa shape index (κ2) is 7.84. The van der Waals surface area contributed by atoms with Crippen LogP contribution in [0.5, 0.6) is 0 Å². The van der Waals surface area contributed by atoms with Crippen LogP contribution in [0.25, 0.3) is 0 Å². The van der Waals surface area contributed by atoms with Gasteiger partial charge in [-0.05, 0) is 11.8 Å². The van der Waals surface area contributed by atoms with Gasteiger partial charge in [-0.15, -0.1) is 0 Å². The predicted octanol–water partition coefficient (Wildman–Crippen LogP) is 1.80. The Kier molecular flexibility index (Phi) is 6.42. The molecule has 5 heteroatoms. The number of carbonyl (C=O) groups excluding carboxylic acids is 1. The van der Waals surface area contributed by atoms with E-state index in [0.29, 0.717) is 12.2 Å². The van der Waals surface area contributed by atoms with Crippen molar-refractivity contribution in [2.75, 3.05) is 12.0 Å². The Bertz CT molecular complexity index is 422. The molecule has 0 fully saturated rings. The van der Waals surface area contributed by atoms with Crippen LogP contribution >= 0.6 is 11.8 Å². The summed E-state index contributed by atoms with van der Waals surface area (Å²) in [7, 11) is 0. The number of nitrogens with one attached hydrogen (secondary N) is 1. The first-order valence-electron chi connectivity index (χ1n) is 6.10. The Morgan fingerprint density at radius 2 is 1.95 bits per heavy atom. The van der Waals surface area contributed by atoms with Gasteiger partial charge in [-0.3, -0.25) is 4.79 Å². The van der Waals surface area contributed by atoms with Crippen molar-refractivity contribution >= 4 is 23.6 Å². The number of benzene rings is 1. The molecule has 1 aromatic rings. The molecule has 0 bridgehead atoms. The summed E-state index contributed by atoms with van der Waals surface area (Å²) in [5.41, 5.74) is 0.896. The zero-order valence-electron chi connectivity index (χ0n) is 11.1. The molecular weight excluding hydrogens is 262 g/mol. The first-order chi connectivity index (χ1) is 9.04. The molecule has 1 amide bonds. The van der Waals surface area contributed by atoms with E-state index in [1.165, 1.54) is 0 Å². The first kappa shape index (κ1) is 15.6. The Labute approximate surface area is 117 Å². The molecule has 4 nitrogen and oxygen atoms in total. The number of aliphatic carboxylic acids is 1. The van der Waals surface area contributed by atoms with Gasteiger partial charge in [0, 0.05) is 18.1 Å². The number of amides is 1. The van der Waals surface area contributed by atoms with Crippen LogP contribution in [0, 0.1) is 5.92 Å². The first-order valence-corrected chi connectivity index (χ1v) is 7.50. The Hall–Kier alpha value is -1.49. The van der Waals surface area contributed by atoms with Gasteiger partial charge in [0.25, 0.3) is 0 Å². The molecule has 2 atom stereocenters. The third-order valence-electron chi connectivity index (χ3n) is 2.76. The molecule has 0 radical (unpaired) electrons. The molecule has 2 unspecified atom stereocenters. The summed E-state index contributed by atoms with van der Waals surface area (Å²) < 4.78 is 0. The molecule has 1 aromatic carbocycles. The van der Waals surface area contributed by atoms with Crippen LogP contribution in [0.2, 0.25) is 0 Å². The van der Waals surface area contributed by atoms with Crippen molar-refractivity contribution in [2.24, 2.45) is 5.92 Å². The van der Waals surface area contributed by atoms with E-state index in [0.717, 1.165) is 5.56 Å². The number of hydrogen-bond acceptors (Lipinski definition) is 3. The van der Waals surface area contributed by atoms with Crippen molar-refractivity contribution in [2.45, 2.75) is 19.4 Å². The summed E-state index contributed by atoms with van der Waals surface area (Å²) in [6.07, 6.45) is 2.22. The van der Waals surface area contributed by atoms with E-state index in [4.69, 9.17) is 0 Å². The number of rotatable bonds is 7. The summed E-state index contributed by atoms with van der Waals surface area (Å²) >= 11 is 1.57. The fourth-order valence-electron chi connectivity index (χ4n) is 1.69. The normalized spacial score (nSPS) is 13.6. The van der Waals surface area contributed by atoms with Gasteiger partial charge in [0.1, 0.15) is 6.04 Å². The zero-order chi connectivity index (χ0) is 14.3. The van der Waals surface area contributed by atoms with Crippen molar-refractivity contribution in [3.05, 3.63) is 35.9 Å². The van der Waals surface area contributed by atoms with E-state index in [1.54, 1.807) is 18.7 Å². The van der Waals surface area contributed by atoms with E-state index < -0.39 is 12.0 Å². The molecular formula is C14H19NO3S. The van der Waals surface area contributed by atoms with Gasteiger partial charge in [-0.1, -0.05) is 37.3 Å². The van der Waals surface area contributed by atoms with Crippen molar-refractivity contribution in [3.8, 4) is 0 Å². The molecule has 0 aliphatic carbocycles. The Morgan fingerprint density at radius 3 is 2.47 bits per heavy atom. The Balaban J connectivity index is 2.64. The summed E-state index contributed by atoms with van der Waals surface area (Å²) in [5.74, 6) is -0.720. The fourth-order valence-corrected chi connectivity index (χ4v) is 2.34. The average molecular weight is 281 g/mol. The van der Waals surface area contributed by atoms with E-state index in [-0.39, 0.29) is 11.8 Å². The van der Waals surface area contributed by atoms with Crippen LogP contribution < -0.4 is 5.32 Å². The topological polar surface area (TPSA) is 66.4 Å². The van der Waals surface area contributed by atoms with Crippen molar-refractivity contribution in [1.29, 1.82) is 0 Å². The molecule has 0 aliphatic rings. The van der Waals surface area contributed by atoms with Crippen LogP contribution in [0.1, 0.15) is 12.5 Å². The van der Waals surface area contributed by atoms with E-state index in [2.05, 4.69) is 5.32 Å². The smallest absolute Gasteiger partial charge is 0.326 e. The maximum atomic E-state index is 11.9. The van der Waals surface area contributed by atoms with E-state index in [1.807, 2.05) is 36.6 Å². The lowest BCUT2D eigenvalue weighted by Crippen LogP contribution is -2.44. The van der Waals surface area contributed by atoms with Gasteiger partial charge in [-0.2, -0.15) is 11.8 Å². The minimum Gasteiger partial charge on any atom is -0.480 e. The monoisotopic (exact) mass is 281 g/mol. The number of carbonyl (C=O) groups is 2. The van der Waals surface area contributed by atoms with Gasteiger partial charge in [0.15, 0.2) is 0 Å². The van der Waals surface area contributed by atoms with Gasteiger partial charge in [0.2, 0.25) is 5.91 Å². The molecule has 1 rings (SSSR count). The third kappa shape index (κ3) is 5.34. The standard InChI is InChI=1S/C14H19NO3S/c1-10(9-19-2)13(16)15-12(14(17)18)8-11-6-4-3-5-7-11/h3-7,10,12H,8-9H2,1-2H3,(H,15,16)(H,17,18). The SMILES string of the molecule is CSCC(C)C(=O)NC(Cc1ccccc1)C(=O)O. The lowest BCUT2D eigenvalue weighted by molar-refractivity contribution is -0.142. The van der Waals surface area contributed by atoms with Crippen LogP contribution in [0.3, 0.4) is 0 Å². The van der Waals surface area contributed by atoms with Gasteiger partial charge >= 0.3 is 5.97 Å². The second-order valence-corrected chi connectivity index (χ2v) is 5.36. The summed E-state index contributed by atoms with van der Waals surface area (Å²) in [6.45, 7) is 1.80. The number of carboxylic acid groups (broad SMARTS) is 1. The highest BCUT2D eigenvalue weighted by Gasteiger charge is 2.22. The molecule has 19 heavy (non-hydrogen) atoms. The lowest BCUT2D eigenvalue weighted by Gasteiger charge is -2.17. The second-order valence-electron chi connectivity index (χ2n) is 4.45. The maximum Gasteiger partial charge on any atom is 0.326 e. The third-order valence-corrected chi connectivity index (χ3v) is 3.59. The summed E-state index contributed by atoms with van der Waals surface area (Å²) in [4.78, 5) is 23.1. The zero-order valence-corrected chi connectivity index (χ0v) is 11.9. The number of hydrogen-bond donors (Lipinski definition) is 2. The molecule has 0 heterocycles. The van der Waals surface area contributed by atoms with Crippen LogP contribution in [-0.4, -0.2) is 35.0 Å². The van der Waals surface area contributed by atoms with Crippen LogP contribution in [0.15, 0.2) is 30.3 Å². The number of carboxylic acids is 1. The molecule has 0 aliphatic heterocycles. The minimum absolute atomic E-state index is 0.187. The predicted molar refractivity (Wildman–Crippen MR) is 77.3 cm³/mol. The largest absolute Gasteiger partial charge is 0.480 e. The summed E-state index contributed by atoms with van der Waals surface area (Å²) in [5, 5.41) is 11.8. The van der Waals surface area contributed by atoms with E-state index in [9.17, 15) is 14.7 Å².